The van der Waals surface area contributed by atoms with Gasteiger partial charge < -0.3 is 5.11 Å². The number of carboxylic acid groups (broad SMARTS) is 1. The molecule has 1 heterocycles. The Balaban J connectivity index is 0.000000202. The molecular weight excluding hydrogens is 214 g/mol. The molecule has 1 aromatic carbocycles. The van der Waals surface area contributed by atoms with E-state index in [0.717, 1.165) is 11.6 Å². The van der Waals surface area contributed by atoms with Gasteiger partial charge in [-0.05, 0) is 23.8 Å². The average molecular weight is 227 g/mol. The highest BCUT2D eigenvalue weighted by Gasteiger charge is 1.85. The van der Waals surface area contributed by atoms with Gasteiger partial charge in [0.2, 0.25) is 0 Å². The number of aliphatic carboxylic acids is 1. The third-order valence-corrected chi connectivity index (χ3v) is 1.78. The van der Waals surface area contributed by atoms with Gasteiger partial charge in [-0.2, -0.15) is 0 Å². The third-order valence-electron chi connectivity index (χ3n) is 1.78. The van der Waals surface area contributed by atoms with E-state index in [9.17, 15) is 4.79 Å². The molecule has 0 aliphatic carbocycles. The topological polar surface area (TPSA) is 50.2 Å². The van der Waals surface area contributed by atoms with Crippen molar-refractivity contribution in [3.8, 4) is 0 Å². The molecule has 3 heteroatoms. The molecule has 0 aliphatic rings. The van der Waals surface area contributed by atoms with Crippen LogP contribution in [-0.2, 0) is 4.79 Å². The van der Waals surface area contributed by atoms with Gasteiger partial charge in [0.25, 0.3) is 0 Å². The quantitative estimate of drug-likeness (QED) is 0.802. The maximum atomic E-state index is 10.1. The van der Waals surface area contributed by atoms with Crippen LogP contribution >= 0.6 is 0 Å². The van der Waals surface area contributed by atoms with E-state index >= 15 is 0 Å². The van der Waals surface area contributed by atoms with Crippen LogP contribution in [0.3, 0.4) is 0 Å². The Morgan fingerprint density at radius 1 is 1.00 bits per heavy atom. The van der Waals surface area contributed by atoms with E-state index in [0.29, 0.717) is 0 Å². The van der Waals surface area contributed by atoms with Gasteiger partial charge in [-0.25, -0.2) is 4.79 Å². The van der Waals surface area contributed by atoms with Crippen molar-refractivity contribution in [3.05, 3.63) is 72.6 Å². The van der Waals surface area contributed by atoms with Gasteiger partial charge in [0, 0.05) is 18.5 Å². The molecule has 0 saturated carbocycles. The van der Waals surface area contributed by atoms with E-state index in [4.69, 9.17) is 5.11 Å². The zero-order valence-electron chi connectivity index (χ0n) is 9.23. The number of hydrogen-bond donors (Lipinski definition) is 1. The van der Waals surface area contributed by atoms with Crippen LogP contribution in [0.1, 0.15) is 5.56 Å². The molecule has 0 spiro atoms. The highest BCUT2D eigenvalue weighted by atomic mass is 16.4. The van der Waals surface area contributed by atoms with Crippen LogP contribution in [0.5, 0.6) is 0 Å². The Kier molecular flexibility index (Phi) is 5.82. The van der Waals surface area contributed by atoms with Crippen LogP contribution < -0.4 is 0 Å². The highest BCUT2D eigenvalue weighted by molar-refractivity contribution is 5.85. The summed E-state index contributed by atoms with van der Waals surface area (Å²) in [4.78, 5) is 13.9. The fourth-order valence-corrected chi connectivity index (χ4v) is 1.04. The first-order valence-corrected chi connectivity index (χ1v) is 5.10. The van der Waals surface area contributed by atoms with Crippen LogP contribution in [0.25, 0.3) is 6.08 Å². The maximum absolute atomic E-state index is 10.1. The van der Waals surface area contributed by atoms with E-state index in [1.165, 1.54) is 0 Å². The minimum Gasteiger partial charge on any atom is -0.478 e. The molecule has 0 amide bonds. The lowest BCUT2D eigenvalue weighted by atomic mass is 10.2. The van der Waals surface area contributed by atoms with E-state index in [2.05, 4.69) is 4.98 Å². The summed E-state index contributed by atoms with van der Waals surface area (Å²) in [6.07, 6.45) is 6.18. The number of benzene rings is 1. The van der Waals surface area contributed by atoms with E-state index in [1.807, 2.05) is 48.5 Å². The minimum absolute atomic E-state index is 0.898. The first-order valence-electron chi connectivity index (χ1n) is 5.10. The Bertz CT molecular complexity index is 425. The number of rotatable bonds is 2. The summed E-state index contributed by atoms with van der Waals surface area (Å²) in [6, 6.07) is 15.0. The van der Waals surface area contributed by atoms with Crippen molar-refractivity contribution >= 4 is 12.0 Å². The van der Waals surface area contributed by atoms with Crippen LogP contribution in [0.2, 0.25) is 0 Å². The van der Waals surface area contributed by atoms with Gasteiger partial charge in [0.15, 0.2) is 0 Å². The number of pyridine rings is 1. The van der Waals surface area contributed by atoms with Crippen molar-refractivity contribution in [1.29, 1.82) is 0 Å². The summed E-state index contributed by atoms with van der Waals surface area (Å²) in [7, 11) is 0. The second-order valence-electron chi connectivity index (χ2n) is 3.11. The second-order valence-corrected chi connectivity index (χ2v) is 3.11. The Morgan fingerprint density at radius 2 is 1.59 bits per heavy atom. The van der Waals surface area contributed by atoms with Gasteiger partial charge in [-0.1, -0.05) is 36.4 Å². The molecule has 0 atom stereocenters. The molecule has 0 aliphatic heterocycles. The summed E-state index contributed by atoms with van der Waals surface area (Å²) < 4.78 is 0. The molecule has 3 nitrogen and oxygen atoms in total. The lowest BCUT2D eigenvalue weighted by molar-refractivity contribution is -0.131. The van der Waals surface area contributed by atoms with Gasteiger partial charge >= 0.3 is 5.97 Å². The largest absolute Gasteiger partial charge is 0.478 e. The molecule has 0 saturated heterocycles. The summed E-state index contributed by atoms with van der Waals surface area (Å²) in [5.74, 6) is -0.922. The Labute approximate surface area is 100 Å². The number of aromatic nitrogens is 1. The lowest BCUT2D eigenvalue weighted by Crippen LogP contribution is -1.85. The summed E-state index contributed by atoms with van der Waals surface area (Å²) in [6.45, 7) is 0. The Morgan fingerprint density at radius 3 is 2.00 bits per heavy atom. The molecule has 2 aromatic rings. The minimum atomic E-state index is -0.922. The number of nitrogens with zero attached hydrogens (tertiary/aromatic N) is 1. The van der Waals surface area contributed by atoms with Crippen molar-refractivity contribution in [2.24, 2.45) is 0 Å². The summed E-state index contributed by atoms with van der Waals surface area (Å²) >= 11 is 0. The molecule has 17 heavy (non-hydrogen) atoms. The molecule has 0 radical (unpaired) electrons. The molecule has 1 aromatic heterocycles. The third kappa shape index (κ3) is 6.62. The van der Waals surface area contributed by atoms with E-state index in [1.54, 1.807) is 18.5 Å². The first-order chi connectivity index (χ1) is 8.29. The fraction of sp³-hybridized carbons (Fsp3) is 0. The first kappa shape index (κ1) is 12.6. The number of hydrogen-bond acceptors (Lipinski definition) is 2. The summed E-state index contributed by atoms with van der Waals surface area (Å²) in [5.41, 5.74) is 0.898. The number of carboxylic acids is 1. The SMILES string of the molecule is O=C(O)C=Cc1ccccc1.c1ccncc1. The predicted molar refractivity (Wildman–Crippen MR) is 67.3 cm³/mol. The molecular formula is C14H13NO2. The van der Waals surface area contributed by atoms with Crippen LogP contribution in [0.15, 0.2) is 67.0 Å². The van der Waals surface area contributed by atoms with Gasteiger partial charge in [0.05, 0.1) is 0 Å². The normalized spacial score (nSPS) is 9.41. The van der Waals surface area contributed by atoms with Crippen LogP contribution in [0, 0.1) is 0 Å². The predicted octanol–water partition coefficient (Wildman–Crippen LogP) is 2.87. The molecule has 0 bridgehead atoms. The molecule has 1 N–H and O–H groups in total. The van der Waals surface area contributed by atoms with E-state index < -0.39 is 5.97 Å². The van der Waals surface area contributed by atoms with Crippen LogP contribution in [-0.4, -0.2) is 16.1 Å². The van der Waals surface area contributed by atoms with Crippen LogP contribution in [0.4, 0.5) is 0 Å². The Hall–Kier alpha value is -2.42. The molecule has 0 unspecified atom stereocenters. The fourth-order valence-electron chi connectivity index (χ4n) is 1.04. The molecule has 86 valence electrons. The highest BCUT2D eigenvalue weighted by Crippen LogP contribution is 1.99. The van der Waals surface area contributed by atoms with Crippen molar-refractivity contribution in [2.75, 3.05) is 0 Å². The van der Waals surface area contributed by atoms with E-state index in [-0.39, 0.29) is 0 Å². The average Bonchev–Trinajstić information content (AvgIpc) is 2.40. The van der Waals surface area contributed by atoms with Crippen molar-refractivity contribution in [2.45, 2.75) is 0 Å². The second kappa shape index (κ2) is 7.82. The van der Waals surface area contributed by atoms with Crippen molar-refractivity contribution in [3.63, 3.8) is 0 Å². The zero-order chi connectivity index (χ0) is 12.3. The molecule has 2 rings (SSSR count). The monoisotopic (exact) mass is 227 g/mol. The standard InChI is InChI=1S/C9H8O2.C5H5N/c10-9(11)7-6-8-4-2-1-3-5-8;1-2-4-6-5-3-1/h1-7H,(H,10,11);1-5H. The number of carbonyl (C=O) groups is 1. The van der Waals surface area contributed by atoms with Gasteiger partial charge in [0.1, 0.15) is 0 Å². The lowest BCUT2D eigenvalue weighted by Gasteiger charge is -1.87. The summed E-state index contributed by atoms with van der Waals surface area (Å²) in [5, 5.41) is 8.29. The smallest absolute Gasteiger partial charge is 0.328 e. The van der Waals surface area contributed by atoms with Gasteiger partial charge in [-0.3, -0.25) is 4.98 Å². The zero-order valence-corrected chi connectivity index (χ0v) is 9.23. The van der Waals surface area contributed by atoms with Crippen molar-refractivity contribution in [1.82, 2.24) is 4.98 Å². The van der Waals surface area contributed by atoms with Gasteiger partial charge in [-0.15, -0.1) is 0 Å². The molecule has 0 fully saturated rings. The maximum Gasteiger partial charge on any atom is 0.328 e. The van der Waals surface area contributed by atoms with Crippen molar-refractivity contribution < 1.29 is 9.90 Å².